The highest BCUT2D eigenvalue weighted by Crippen LogP contribution is 2.19. The Morgan fingerprint density at radius 2 is 1.96 bits per heavy atom. The number of carbonyl (C=O) groups excluding carboxylic acids is 1. The fraction of sp³-hybridized carbons (Fsp3) is 0.158. The first-order valence-corrected chi connectivity index (χ1v) is 8.14. The molecule has 27 heavy (non-hydrogen) atoms. The van der Waals surface area contributed by atoms with Crippen molar-refractivity contribution < 1.29 is 13.9 Å². The lowest BCUT2D eigenvalue weighted by atomic mass is 10.1. The molecule has 0 spiro atoms. The number of anilines is 1. The fourth-order valence-electron chi connectivity index (χ4n) is 2.44. The number of benzene rings is 2. The summed E-state index contributed by atoms with van der Waals surface area (Å²) in [6, 6.07) is 11.6. The minimum absolute atomic E-state index is 0.294. The molecule has 1 N–H and O–H groups in total. The Kier molecular flexibility index (Phi) is 5.25. The van der Waals surface area contributed by atoms with Gasteiger partial charge in [0.25, 0.3) is 0 Å². The zero-order chi connectivity index (χ0) is 19.4. The van der Waals surface area contributed by atoms with Gasteiger partial charge in [-0.05, 0) is 49.4 Å². The summed E-state index contributed by atoms with van der Waals surface area (Å²) in [6.07, 6.45) is 1.41. The molecule has 1 heterocycles. The van der Waals surface area contributed by atoms with E-state index in [2.05, 4.69) is 15.4 Å². The zero-order valence-corrected chi connectivity index (χ0v) is 14.7. The molecule has 0 aliphatic heterocycles. The Morgan fingerprint density at radius 3 is 2.59 bits per heavy atom. The molecule has 138 valence electrons. The molecule has 3 rings (SSSR count). The van der Waals surface area contributed by atoms with Gasteiger partial charge < -0.3 is 10.1 Å². The molecule has 0 bridgehead atoms. The maximum absolute atomic E-state index is 13.2. The van der Waals surface area contributed by atoms with Crippen molar-refractivity contribution in [2.45, 2.75) is 13.0 Å². The second-order valence-corrected chi connectivity index (χ2v) is 5.77. The molecule has 0 saturated carbocycles. The summed E-state index contributed by atoms with van der Waals surface area (Å²) in [5.41, 5.74) is 0.717. The first kappa shape index (κ1) is 18.2. The maximum Gasteiger partial charge on any atom is 0.365 e. The fourth-order valence-corrected chi connectivity index (χ4v) is 2.44. The first-order chi connectivity index (χ1) is 13.0. The van der Waals surface area contributed by atoms with Gasteiger partial charge in [0.1, 0.15) is 17.6 Å². The van der Waals surface area contributed by atoms with Gasteiger partial charge in [-0.1, -0.05) is 6.07 Å². The molecule has 8 heteroatoms. The number of halogens is 1. The topological polar surface area (TPSA) is 86.1 Å². The Labute approximate surface area is 154 Å². The van der Waals surface area contributed by atoms with Gasteiger partial charge in [-0.25, -0.2) is 13.9 Å². The predicted octanol–water partition coefficient (Wildman–Crippen LogP) is 2.65. The van der Waals surface area contributed by atoms with E-state index in [9.17, 15) is 14.0 Å². The van der Waals surface area contributed by atoms with Crippen molar-refractivity contribution in [3.63, 3.8) is 0 Å². The molecule has 1 atom stereocenters. The molecular formula is C19H17FN4O3. The lowest BCUT2D eigenvalue weighted by Crippen LogP contribution is -2.34. The van der Waals surface area contributed by atoms with Crippen LogP contribution in [-0.4, -0.2) is 27.8 Å². The standard InChI is InChI=1S/C19H17FN4O3/c1-12(18(25)22-15-5-3-4-14(20)10-15)24-19(26)23-17(11-21-24)13-6-8-16(27-2)9-7-13/h3-12H,1-2H3,(H,22,25)/t12-/m0/s1. The van der Waals surface area contributed by atoms with Gasteiger partial charge in [0.15, 0.2) is 0 Å². The van der Waals surface area contributed by atoms with Crippen LogP contribution in [0.5, 0.6) is 5.75 Å². The molecule has 2 aromatic carbocycles. The number of aromatic nitrogens is 3. The summed E-state index contributed by atoms with van der Waals surface area (Å²) in [4.78, 5) is 28.6. The minimum Gasteiger partial charge on any atom is -0.497 e. The van der Waals surface area contributed by atoms with E-state index in [0.717, 1.165) is 4.68 Å². The van der Waals surface area contributed by atoms with Crippen molar-refractivity contribution >= 4 is 11.6 Å². The van der Waals surface area contributed by atoms with Crippen LogP contribution < -0.4 is 15.7 Å². The number of rotatable bonds is 5. The molecule has 0 aliphatic carbocycles. The number of nitrogens with one attached hydrogen (secondary N) is 1. The third-order valence-corrected chi connectivity index (χ3v) is 3.94. The predicted molar refractivity (Wildman–Crippen MR) is 98.0 cm³/mol. The van der Waals surface area contributed by atoms with Crippen molar-refractivity contribution in [1.82, 2.24) is 14.8 Å². The summed E-state index contributed by atoms with van der Waals surface area (Å²) in [5.74, 6) is -0.293. The normalized spacial score (nSPS) is 11.7. The average Bonchev–Trinajstić information content (AvgIpc) is 2.67. The van der Waals surface area contributed by atoms with E-state index in [1.165, 1.54) is 31.3 Å². The van der Waals surface area contributed by atoms with Crippen LogP contribution in [-0.2, 0) is 4.79 Å². The summed E-state index contributed by atoms with van der Waals surface area (Å²) in [5, 5.41) is 6.60. The van der Waals surface area contributed by atoms with Crippen molar-refractivity contribution in [3.8, 4) is 17.0 Å². The molecule has 7 nitrogen and oxygen atoms in total. The Balaban J connectivity index is 1.79. The largest absolute Gasteiger partial charge is 0.497 e. The summed E-state index contributed by atoms with van der Waals surface area (Å²) in [6.45, 7) is 1.51. The van der Waals surface area contributed by atoms with Crippen molar-refractivity contribution in [3.05, 3.63) is 71.0 Å². The number of ether oxygens (including phenoxy) is 1. The SMILES string of the molecule is COc1ccc(-c2cnn([C@@H](C)C(=O)Nc3cccc(F)c3)c(=O)n2)cc1. The van der Waals surface area contributed by atoms with Gasteiger partial charge >= 0.3 is 5.69 Å². The smallest absolute Gasteiger partial charge is 0.365 e. The van der Waals surface area contributed by atoms with Crippen LogP contribution in [0.4, 0.5) is 10.1 Å². The quantitative estimate of drug-likeness (QED) is 0.748. The molecule has 0 fully saturated rings. The van der Waals surface area contributed by atoms with Crippen LogP contribution in [0.15, 0.2) is 59.5 Å². The second-order valence-electron chi connectivity index (χ2n) is 5.77. The zero-order valence-electron chi connectivity index (χ0n) is 14.7. The lowest BCUT2D eigenvalue weighted by molar-refractivity contribution is -0.119. The van der Waals surface area contributed by atoms with E-state index in [0.29, 0.717) is 22.7 Å². The molecule has 1 aromatic heterocycles. The number of hydrogen-bond donors (Lipinski definition) is 1. The molecular weight excluding hydrogens is 351 g/mol. The highest BCUT2D eigenvalue weighted by molar-refractivity contribution is 5.93. The maximum atomic E-state index is 13.2. The summed E-state index contributed by atoms with van der Waals surface area (Å²) in [7, 11) is 1.56. The van der Waals surface area contributed by atoms with Gasteiger partial charge in [0.05, 0.1) is 19.0 Å². The summed E-state index contributed by atoms with van der Waals surface area (Å²) >= 11 is 0. The number of carbonyl (C=O) groups is 1. The van der Waals surface area contributed by atoms with Gasteiger partial charge in [-0.15, -0.1) is 0 Å². The van der Waals surface area contributed by atoms with E-state index in [-0.39, 0.29) is 0 Å². The first-order valence-electron chi connectivity index (χ1n) is 8.14. The monoisotopic (exact) mass is 368 g/mol. The van der Waals surface area contributed by atoms with Crippen LogP contribution in [0.3, 0.4) is 0 Å². The molecule has 0 radical (unpaired) electrons. The molecule has 0 unspecified atom stereocenters. The van der Waals surface area contributed by atoms with Crippen molar-refractivity contribution in [2.24, 2.45) is 0 Å². The van der Waals surface area contributed by atoms with Gasteiger partial charge in [0.2, 0.25) is 5.91 Å². The van der Waals surface area contributed by atoms with Crippen LogP contribution in [0, 0.1) is 5.82 Å². The second kappa shape index (κ2) is 7.77. The van der Waals surface area contributed by atoms with Gasteiger partial charge in [-0.3, -0.25) is 4.79 Å². The minimum atomic E-state index is -0.918. The van der Waals surface area contributed by atoms with Crippen LogP contribution in [0.2, 0.25) is 0 Å². The van der Waals surface area contributed by atoms with E-state index in [1.807, 2.05) is 0 Å². The Morgan fingerprint density at radius 1 is 1.22 bits per heavy atom. The van der Waals surface area contributed by atoms with Gasteiger partial charge in [0, 0.05) is 11.3 Å². The van der Waals surface area contributed by atoms with E-state index >= 15 is 0 Å². The van der Waals surface area contributed by atoms with Crippen molar-refractivity contribution in [2.75, 3.05) is 12.4 Å². The molecule has 0 aliphatic rings. The molecule has 3 aromatic rings. The third-order valence-electron chi connectivity index (χ3n) is 3.94. The highest BCUT2D eigenvalue weighted by Gasteiger charge is 2.19. The number of methoxy groups -OCH3 is 1. The number of nitrogens with zero attached hydrogens (tertiary/aromatic N) is 3. The highest BCUT2D eigenvalue weighted by atomic mass is 19.1. The molecule has 1 amide bonds. The van der Waals surface area contributed by atoms with Crippen LogP contribution in [0.25, 0.3) is 11.3 Å². The molecule has 0 saturated heterocycles. The number of amides is 1. The van der Waals surface area contributed by atoms with Crippen LogP contribution in [0.1, 0.15) is 13.0 Å². The van der Waals surface area contributed by atoms with Crippen LogP contribution >= 0.6 is 0 Å². The summed E-state index contributed by atoms with van der Waals surface area (Å²) < 4.78 is 19.3. The Bertz CT molecular complexity index is 1020. The average molecular weight is 368 g/mol. The van der Waals surface area contributed by atoms with Gasteiger partial charge in [-0.2, -0.15) is 10.1 Å². The van der Waals surface area contributed by atoms with E-state index in [1.54, 1.807) is 37.4 Å². The van der Waals surface area contributed by atoms with E-state index in [4.69, 9.17) is 4.74 Å². The Hall–Kier alpha value is -3.55. The van der Waals surface area contributed by atoms with E-state index < -0.39 is 23.5 Å². The number of hydrogen-bond acceptors (Lipinski definition) is 5. The van der Waals surface area contributed by atoms with Crippen molar-refractivity contribution in [1.29, 1.82) is 0 Å². The lowest BCUT2D eigenvalue weighted by Gasteiger charge is -2.14. The third kappa shape index (κ3) is 4.17.